The Morgan fingerprint density at radius 3 is 2.30 bits per heavy atom. The monoisotopic (exact) mass is 328 g/mol. The molecule has 0 bridgehead atoms. The molecule has 0 atom stereocenters. The predicted molar refractivity (Wildman–Crippen MR) is 98.3 cm³/mol. The average molecular weight is 329 g/mol. The van der Waals surface area contributed by atoms with Crippen molar-refractivity contribution in [1.82, 2.24) is 0 Å². The predicted octanol–water partition coefficient (Wildman–Crippen LogP) is 6.53. The van der Waals surface area contributed by atoms with Gasteiger partial charge in [-0.05, 0) is 47.6 Å². The molecule has 2 aromatic rings. The number of hydrogen-bond acceptors (Lipinski definition) is 1. The van der Waals surface area contributed by atoms with Crippen molar-refractivity contribution in [2.24, 2.45) is 5.92 Å². The molecule has 0 spiro atoms. The summed E-state index contributed by atoms with van der Waals surface area (Å²) >= 11 is 6.22. The number of rotatable bonds is 5. The summed E-state index contributed by atoms with van der Waals surface area (Å²) in [5.41, 5.74) is 3.78. The molecule has 122 valence electrons. The van der Waals surface area contributed by atoms with E-state index in [9.17, 15) is 0 Å². The van der Waals surface area contributed by atoms with Crippen molar-refractivity contribution in [3.63, 3.8) is 0 Å². The van der Waals surface area contributed by atoms with E-state index >= 15 is 0 Å². The lowest BCUT2D eigenvalue weighted by Gasteiger charge is -2.21. The normalized spacial score (nSPS) is 15.6. The van der Waals surface area contributed by atoms with Gasteiger partial charge < -0.3 is 4.74 Å². The standard InChI is InChI=1S/C21H25ClO/c1-23-21-14-13-19(15-20(21)22)18-11-9-17(10-12-18)8-7-16-5-3-2-4-6-16/h9-16H,2-8H2,1H3. The molecule has 0 N–H and O–H groups in total. The summed E-state index contributed by atoms with van der Waals surface area (Å²) in [5, 5.41) is 0.659. The van der Waals surface area contributed by atoms with Crippen molar-refractivity contribution in [1.29, 1.82) is 0 Å². The van der Waals surface area contributed by atoms with Gasteiger partial charge in [0.2, 0.25) is 0 Å². The number of halogens is 1. The van der Waals surface area contributed by atoms with Crippen molar-refractivity contribution < 1.29 is 4.74 Å². The maximum absolute atomic E-state index is 6.22. The molecule has 0 aromatic heterocycles. The molecule has 1 aliphatic rings. The van der Waals surface area contributed by atoms with E-state index in [-0.39, 0.29) is 0 Å². The van der Waals surface area contributed by atoms with Crippen LogP contribution in [-0.2, 0) is 6.42 Å². The molecule has 1 aliphatic carbocycles. The number of methoxy groups -OCH3 is 1. The number of aryl methyl sites for hydroxylation is 1. The van der Waals surface area contributed by atoms with Gasteiger partial charge in [0.25, 0.3) is 0 Å². The van der Waals surface area contributed by atoms with Crippen molar-refractivity contribution >= 4 is 11.6 Å². The highest BCUT2D eigenvalue weighted by Crippen LogP contribution is 2.31. The van der Waals surface area contributed by atoms with Crippen LogP contribution < -0.4 is 4.74 Å². The first kappa shape index (κ1) is 16.4. The molecule has 1 saturated carbocycles. The van der Waals surface area contributed by atoms with Gasteiger partial charge in [-0.3, -0.25) is 0 Å². The van der Waals surface area contributed by atoms with E-state index in [1.54, 1.807) is 7.11 Å². The summed E-state index contributed by atoms with van der Waals surface area (Å²) in [6.45, 7) is 0. The Kier molecular flexibility index (Phi) is 5.61. The van der Waals surface area contributed by atoms with Gasteiger partial charge in [0.05, 0.1) is 12.1 Å². The SMILES string of the molecule is COc1ccc(-c2ccc(CCC3CCCCC3)cc2)cc1Cl. The third-order valence-electron chi connectivity index (χ3n) is 5.01. The summed E-state index contributed by atoms with van der Waals surface area (Å²) in [4.78, 5) is 0. The summed E-state index contributed by atoms with van der Waals surface area (Å²) in [6.07, 6.45) is 9.71. The fourth-order valence-electron chi connectivity index (χ4n) is 3.56. The van der Waals surface area contributed by atoms with Crippen LogP contribution in [0.5, 0.6) is 5.75 Å². The van der Waals surface area contributed by atoms with Crippen LogP contribution in [-0.4, -0.2) is 7.11 Å². The first-order chi connectivity index (χ1) is 11.3. The van der Waals surface area contributed by atoms with E-state index in [0.29, 0.717) is 5.02 Å². The van der Waals surface area contributed by atoms with Crippen LogP contribution >= 0.6 is 11.6 Å². The van der Waals surface area contributed by atoms with E-state index in [4.69, 9.17) is 16.3 Å². The lowest BCUT2D eigenvalue weighted by atomic mass is 9.85. The van der Waals surface area contributed by atoms with Gasteiger partial charge in [-0.15, -0.1) is 0 Å². The van der Waals surface area contributed by atoms with Crippen molar-refractivity contribution in [2.75, 3.05) is 7.11 Å². The number of hydrogen-bond donors (Lipinski definition) is 0. The Morgan fingerprint density at radius 1 is 0.957 bits per heavy atom. The van der Waals surface area contributed by atoms with Crippen LogP contribution in [0.2, 0.25) is 5.02 Å². The zero-order chi connectivity index (χ0) is 16.1. The molecular weight excluding hydrogens is 304 g/mol. The first-order valence-electron chi connectivity index (χ1n) is 8.69. The molecular formula is C21H25ClO. The van der Waals surface area contributed by atoms with Gasteiger partial charge in [0.1, 0.15) is 5.75 Å². The molecule has 0 unspecified atom stereocenters. The highest BCUT2D eigenvalue weighted by atomic mass is 35.5. The molecule has 0 radical (unpaired) electrons. The fourth-order valence-corrected chi connectivity index (χ4v) is 3.81. The lowest BCUT2D eigenvalue weighted by Crippen LogP contribution is -2.07. The van der Waals surface area contributed by atoms with Crippen molar-refractivity contribution in [3.05, 3.63) is 53.1 Å². The third kappa shape index (κ3) is 4.29. The Labute approximate surface area is 144 Å². The second kappa shape index (κ2) is 7.88. The molecule has 0 aliphatic heterocycles. The van der Waals surface area contributed by atoms with Crippen LogP contribution in [0.1, 0.15) is 44.1 Å². The van der Waals surface area contributed by atoms with Crippen LogP contribution in [0.25, 0.3) is 11.1 Å². The van der Waals surface area contributed by atoms with Crippen LogP contribution in [0.4, 0.5) is 0 Å². The Balaban J connectivity index is 1.63. The Hall–Kier alpha value is -1.47. The zero-order valence-electron chi connectivity index (χ0n) is 13.9. The van der Waals surface area contributed by atoms with Crippen molar-refractivity contribution in [2.45, 2.75) is 44.9 Å². The fraction of sp³-hybridized carbons (Fsp3) is 0.429. The van der Waals surface area contributed by atoms with E-state index in [2.05, 4.69) is 30.3 Å². The quantitative estimate of drug-likeness (QED) is 0.606. The van der Waals surface area contributed by atoms with Crippen LogP contribution in [0.15, 0.2) is 42.5 Å². The maximum atomic E-state index is 6.22. The molecule has 0 amide bonds. The molecule has 3 rings (SSSR count). The molecule has 2 heteroatoms. The number of ether oxygens (including phenoxy) is 1. The molecule has 23 heavy (non-hydrogen) atoms. The highest BCUT2D eigenvalue weighted by molar-refractivity contribution is 6.32. The van der Waals surface area contributed by atoms with E-state index in [0.717, 1.165) is 17.2 Å². The minimum atomic E-state index is 0.659. The lowest BCUT2D eigenvalue weighted by molar-refractivity contribution is 0.339. The molecule has 0 heterocycles. The molecule has 2 aromatic carbocycles. The topological polar surface area (TPSA) is 9.23 Å². The minimum Gasteiger partial charge on any atom is -0.495 e. The highest BCUT2D eigenvalue weighted by Gasteiger charge is 2.13. The Morgan fingerprint density at radius 2 is 1.65 bits per heavy atom. The van der Waals surface area contributed by atoms with E-state index in [1.165, 1.54) is 56.1 Å². The second-order valence-corrected chi connectivity index (χ2v) is 7.00. The van der Waals surface area contributed by atoms with Gasteiger partial charge in [0, 0.05) is 0 Å². The van der Waals surface area contributed by atoms with E-state index in [1.807, 2.05) is 12.1 Å². The van der Waals surface area contributed by atoms with Crippen molar-refractivity contribution in [3.8, 4) is 16.9 Å². The molecule has 1 nitrogen and oxygen atoms in total. The van der Waals surface area contributed by atoms with Gasteiger partial charge in [-0.25, -0.2) is 0 Å². The maximum Gasteiger partial charge on any atom is 0.137 e. The summed E-state index contributed by atoms with van der Waals surface area (Å²) < 4.78 is 5.21. The largest absolute Gasteiger partial charge is 0.495 e. The average Bonchev–Trinajstić information content (AvgIpc) is 2.61. The van der Waals surface area contributed by atoms with Gasteiger partial charge in [-0.1, -0.05) is 74.0 Å². The summed E-state index contributed by atoms with van der Waals surface area (Å²) in [5.74, 6) is 1.67. The minimum absolute atomic E-state index is 0.659. The van der Waals surface area contributed by atoms with Gasteiger partial charge in [0.15, 0.2) is 0 Å². The number of benzene rings is 2. The summed E-state index contributed by atoms with van der Waals surface area (Å²) in [6, 6.07) is 14.9. The smallest absolute Gasteiger partial charge is 0.137 e. The molecule has 0 saturated heterocycles. The van der Waals surface area contributed by atoms with Crippen LogP contribution in [0.3, 0.4) is 0 Å². The third-order valence-corrected chi connectivity index (χ3v) is 5.30. The van der Waals surface area contributed by atoms with E-state index < -0.39 is 0 Å². The second-order valence-electron chi connectivity index (χ2n) is 6.59. The van der Waals surface area contributed by atoms with Gasteiger partial charge >= 0.3 is 0 Å². The Bertz CT molecular complexity index is 627. The van der Waals surface area contributed by atoms with Crippen LogP contribution in [0, 0.1) is 5.92 Å². The summed E-state index contributed by atoms with van der Waals surface area (Å²) in [7, 11) is 1.64. The van der Waals surface area contributed by atoms with Gasteiger partial charge in [-0.2, -0.15) is 0 Å². The molecule has 1 fully saturated rings. The first-order valence-corrected chi connectivity index (χ1v) is 9.07. The zero-order valence-corrected chi connectivity index (χ0v) is 14.6.